The van der Waals surface area contributed by atoms with Gasteiger partial charge in [-0.2, -0.15) is 0 Å². The van der Waals surface area contributed by atoms with Crippen LogP contribution in [0.25, 0.3) is 0 Å². The van der Waals surface area contributed by atoms with E-state index < -0.39 is 5.97 Å². The lowest BCUT2D eigenvalue weighted by molar-refractivity contribution is -0.115. The van der Waals surface area contributed by atoms with E-state index in [1.165, 1.54) is 18.4 Å². The summed E-state index contributed by atoms with van der Waals surface area (Å²) in [4.78, 5) is 27.8. The Morgan fingerprint density at radius 1 is 1.33 bits per heavy atom. The summed E-state index contributed by atoms with van der Waals surface area (Å²) in [7, 11) is 1.32. The molecule has 0 saturated carbocycles. The molecule has 0 bridgehead atoms. The Morgan fingerprint density at radius 2 is 2.10 bits per heavy atom. The summed E-state index contributed by atoms with van der Waals surface area (Å²) < 4.78 is 4.67. The summed E-state index contributed by atoms with van der Waals surface area (Å²) in [5.41, 5.74) is 2.64. The van der Waals surface area contributed by atoms with E-state index in [2.05, 4.69) is 15.0 Å². The molecule has 1 amide bonds. The number of carbonyl (C=O) groups is 2. The van der Waals surface area contributed by atoms with E-state index in [1.807, 2.05) is 19.2 Å². The van der Waals surface area contributed by atoms with Crippen LogP contribution in [0.2, 0.25) is 0 Å². The van der Waals surface area contributed by atoms with E-state index >= 15 is 0 Å². The first-order valence-corrected chi connectivity index (χ1v) is 7.27. The fourth-order valence-electron chi connectivity index (χ4n) is 1.85. The number of amides is 1. The third-order valence-corrected chi connectivity index (χ3v) is 3.76. The van der Waals surface area contributed by atoms with Crippen LogP contribution in [0, 0.1) is 13.8 Å². The number of rotatable bonds is 4. The summed E-state index contributed by atoms with van der Waals surface area (Å²) in [6.45, 7) is 3.76. The van der Waals surface area contributed by atoms with Gasteiger partial charge in [-0.3, -0.25) is 4.79 Å². The number of thiazole rings is 1. The van der Waals surface area contributed by atoms with Gasteiger partial charge in [0, 0.05) is 11.1 Å². The molecule has 0 aliphatic rings. The second-order valence-electron chi connectivity index (χ2n) is 4.60. The van der Waals surface area contributed by atoms with Crippen LogP contribution in [0.5, 0.6) is 0 Å². The normalized spacial score (nSPS) is 10.2. The van der Waals surface area contributed by atoms with E-state index in [9.17, 15) is 9.59 Å². The first-order chi connectivity index (χ1) is 9.99. The Morgan fingerprint density at radius 3 is 2.71 bits per heavy atom. The number of carbonyl (C=O) groups excluding carboxylic acids is 2. The topological polar surface area (TPSA) is 68.3 Å². The van der Waals surface area contributed by atoms with Crippen molar-refractivity contribution in [1.82, 2.24) is 4.98 Å². The molecule has 6 heteroatoms. The molecule has 21 heavy (non-hydrogen) atoms. The maximum Gasteiger partial charge on any atom is 0.337 e. The van der Waals surface area contributed by atoms with Gasteiger partial charge in [-0.25, -0.2) is 9.78 Å². The quantitative estimate of drug-likeness (QED) is 0.882. The second kappa shape index (κ2) is 6.49. The maximum atomic E-state index is 12.0. The van der Waals surface area contributed by atoms with Crippen molar-refractivity contribution in [2.75, 3.05) is 12.4 Å². The zero-order valence-corrected chi connectivity index (χ0v) is 12.9. The number of esters is 1. The van der Waals surface area contributed by atoms with Crippen molar-refractivity contribution in [3.63, 3.8) is 0 Å². The van der Waals surface area contributed by atoms with Gasteiger partial charge in [0.1, 0.15) is 0 Å². The number of methoxy groups -OCH3 is 1. The van der Waals surface area contributed by atoms with Crippen molar-refractivity contribution >= 4 is 28.9 Å². The van der Waals surface area contributed by atoms with Gasteiger partial charge in [-0.15, -0.1) is 11.3 Å². The molecule has 110 valence electrons. The standard InChI is InChI=1S/C15H16N2O3S/c1-9-4-5-11(15(19)20-3)6-13(9)17-14(18)7-12-8-21-10(2)16-12/h4-6,8H,7H2,1-3H3,(H,17,18). The molecule has 1 heterocycles. The van der Waals surface area contributed by atoms with Gasteiger partial charge in [0.05, 0.1) is 29.8 Å². The molecule has 5 nitrogen and oxygen atoms in total. The molecule has 1 aromatic heterocycles. The lowest BCUT2D eigenvalue weighted by Crippen LogP contribution is -2.16. The average Bonchev–Trinajstić information content (AvgIpc) is 2.85. The van der Waals surface area contributed by atoms with Gasteiger partial charge >= 0.3 is 5.97 Å². The summed E-state index contributed by atoms with van der Waals surface area (Å²) in [5.74, 6) is -0.592. The van der Waals surface area contributed by atoms with Crippen LogP contribution in [0.15, 0.2) is 23.6 Å². The first-order valence-electron chi connectivity index (χ1n) is 6.39. The van der Waals surface area contributed by atoms with E-state index in [-0.39, 0.29) is 12.3 Å². The molecule has 0 fully saturated rings. The summed E-state index contributed by atoms with van der Waals surface area (Å²) in [6, 6.07) is 5.06. The van der Waals surface area contributed by atoms with Gasteiger partial charge in [0.2, 0.25) is 5.91 Å². The number of nitrogens with zero attached hydrogens (tertiary/aromatic N) is 1. The third kappa shape index (κ3) is 3.88. The molecular weight excluding hydrogens is 288 g/mol. The number of aryl methyl sites for hydroxylation is 2. The molecule has 2 rings (SSSR count). The Kier molecular flexibility index (Phi) is 4.70. The second-order valence-corrected chi connectivity index (χ2v) is 5.67. The van der Waals surface area contributed by atoms with Gasteiger partial charge < -0.3 is 10.1 Å². The van der Waals surface area contributed by atoms with Crippen LogP contribution in [-0.2, 0) is 16.0 Å². The Balaban J connectivity index is 2.11. The van der Waals surface area contributed by atoms with E-state index in [0.717, 1.165) is 16.3 Å². The van der Waals surface area contributed by atoms with Crippen LogP contribution >= 0.6 is 11.3 Å². The SMILES string of the molecule is COC(=O)c1ccc(C)c(NC(=O)Cc2csc(C)n2)c1. The summed E-state index contributed by atoms with van der Waals surface area (Å²) >= 11 is 1.51. The van der Waals surface area contributed by atoms with Crippen LogP contribution in [0.4, 0.5) is 5.69 Å². The van der Waals surface area contributed by atoms with E-state index in [0.29, 0.717) is 11.3 Å². The fourth-order valence-corrected chi connectivity index (χ4v) is 2.46. The Bertz CT molecular complexity index is 679. The predicted molar refractivity (Wildman–Crippen MR) is 81.7 cm³/mol. The highest BCUT2D eigenvalue weighted by atomic mass is 32.1. The molecule has 1 N–H and O–H groups in total. The molecule has 0 radical (unpaired) electrons. The van der Waals surface area contributed by atoms with Crippen molar-refractivity contribution in [3.05, 3.63) is 45.4 Å². The molecule has 1 aromatic carbocycles. The number of hydrogen-bond donors (Lipinski definition) is 1. The summed E-state index contributed by atoms with van der Waals surface area (Å²) in [5, 5.41) is 5.61. The number of nitrogens with one attached hydrogen (secondary N) is 1. The number of anilines is 1. The smallest absolute Gasteiger partial charge is 0.337 e. The molecule has 0 spiro atoms. The number of hydrogen-bond acceptors (Lipinski definition) is 5. The van der Waals surface area contributed by atoms with Crippen LogP contribution in [-0.4, -0.2) is 24.0 Å². The number of benzene rings is 1. The van der Waals surface area contributed by atoms with E-state index in [4.69, 9.17) is 0 Å². The van der Waals surface area contributed by atoms with Gasteiger partial charge in [-0.05, 0) is 31.5 Å². The van der Waals surface area contributed by atoms with Crippen molar-refractivity contribution in [2.45, 2.75) is 20.3 Å². The van der Waals surface area contributed by atoms with Gasteiger partial charge in [0.25, 0.3) is 0 Å². The largest absolute Gasteiger partial charge is 0.465 e. The lowest BCUT2D eigenvalue weighted by Gasteiger charge is -2.09. The zero-order chi connectivity index (χ0) is 15.4. The monoisotopic (exact) mass is 304 g/mol. The lowest BCUT2D eigenvalue weighted by atomic mass is 10.1. The number of aromatic nitrogens is 1. The fraction of sp³-hybridized carbons (Fsp3) is 0.267. The van der Waals surface area contributed by atoms with Crippen molar-refractivity contribution in [1.29, 1.82) is 0 Å². The molecule has 0 aliphatic carbocycles. The number of ether oxygens (including phenoxy) is 1. The predicted octanol–water partition coefficient (Wildman–Crippen LogP) is 2.73. The van der Waals surface area contributed by atoms with Gasteiger partial charge in [0.15, 0.2) is 0 Å². The Hall–Kier alpha value is -2.21. The molecule has 0 saturated heterocycles. The van der Waals surface area contributed by atoms with Crippen molar-refractivity contribution < 1.29 is 14.3 Å². The molecular formula is C15H16N2O3S. The minimum atomic E-state index is -0.430. The highest BCUT2D eigenvalue weighted by Crippen LogP contribution is 2.18. The maximum absolute atomic E-state index is 12.0. The van der Waals surface area contributed by atoms with Crippen LogP contribution < -0.4 is 5.32 Å². The van der Waals surface area contributed by atoms with Crippen molar-refractivity contribution in [2.24, 2.45) is 0 Å². The average molecular weight is 304 g/mol. The minimum Gasteiger partial charge on any atom is -0.465 e. The zero-order valence-electron chi connectivity index (χ0n) is 12.1. The van der Waals surface area contributed by atoms with E-state index in [1.54, 1.807) is 18.2 Å². The van der Waals surface area contributed by atoms with Crippen molar-refractivity contribution in [3.8, 4) is 0 Å². The highest BCUT2D eigenvalue weighted by molar-refractivity contribution is 7.09. The minimum absolute atomic E-state index is 0.162. The molecule has 2 aromatic rings. The molecule has 0 aliphatic heterocycles. The van der Waals surface area contributed by atoms with Crippen LogP contribution in [0.1, 0.15) is 26.6 Å². The summed E-state index contributed by atoms with van der Waals surface area (Å²) in [6.07, 6.45) is 0.215. The molecule has 0 atom stereocenters. The van der Waals surface area contributed by atoms with Gasteiger partial charge in [-0.1, -0.05) is 6.07 Å². The molecule has 0 unspecified atom stereocenters. The van der Waals surface area contributed by atoms with Crippen LogP contribution in [0.3, 0.4) is 0 Å². The first kappa shape index (κ1) is 15.2. The Labute approximate surface area is 127 Å². The third-order valence-electron chi connectivity index (χ3n) is 2.94. The highest BCUT2D eigenvalue weighted by Gasteiger charge is 2.11.